The van der Waals surface area contributed by atoms with E-state index in [1.165, 1.54) is 11.1 Å². The Balaban J connectivity index is 1.44. The van der Waals surface area contributed by atoms with E-state index < -0.39 is 0 Å². The number of aromatic nitrogens is 2. The van der Waals surface area contributed by atoms with Crippen LogP contribution in [0.25, 0.3) is 5.69 Å². The summed E-state index contributed by atoms with van der Waals surface area (Å²) in [4.78, 5) is 4.08. The summed E-state index contributed by atoms with van der Waals surface area (Å²) in [6.07, 6.45) is 6.56. The minimum absolute atomic E-state index is 0.355. The summed E-state index contributed by atoms with van der Waals surface area (Å²) in [5.74, 6) is 1.01. The lowest BCUT2D eigenvalue weighted by Crippen LogP contribution is -2.26. The fraction of sp³-hybridized carbons (Fsp3) is 0.211. The van der Waals surface area contributed by atoms with E-state index in [4.69, 9.17) is 4.74 Å². The van der Waals surface area contributed by atoms with Crippen LogP contribution >= 0.6 is 0 Å². The van der Waals surface area contributed by atoms with Crippen molar-refractivity contribution in [3.05, 3.63) is 78.4 Å². The number of nitrogens with zero attached hydrogens (tertiary/aromatic N) is 2. The van der Waals surface area contributed by atoms with Crippen LogP contribution in [-0.2, 0) is 6.54 Å². The van der Waals surface area contributed by atoms with Crippen molar-refractivity contribution in [1.82, 2.24) is 14.9 Å². The molecule has 1 aromatic heterocycles. The van der Waals surface area contributed by atoms with Crippen molar-refractivity contribution >= 4 is 0 Å². The van der Waals surface area contributed by atoms with Crippen LogP contribution < -0.4 is 10.1 Å². The second kappa shape index (κ2) is 6.26. The Morgan fingerprint density at radius 2 is 2.00 bits per heavy atom. The molecule has 0 amide bonds. The van der Waals surface area contributed by atoms with Gasteiger partial charge >= 0.3 is 0 Å². The molecular formula is C19H19N3O. The number of benzene rings is 2. The summed E-state index contributed by atoms with van der Waals surface area (Å²) in [6.45, 7) is 1.62. The minimum Gasteiger partial charge on any atom is -0.493 e. The minimum atomic E-state index is 0.355. The third-order valence-corrected chi connectivity index (χ3v) is 4.25. The van der Waals surface area contributed by atoms with Gasteiger partial charge < -0.3 is 14.6 Å². The van der Waals surface area contributed by atoms with E-state index in [1.54, 1.807) is 6.20 Å². The summed E-state index contributed by atoms with van der Waals surface area (Å²) in [7, 11) is 0. The smallest absolute Gasteiger partial charge is 0.124 e. The van der Waals surface area contributed by atoms with Gasteiger partial charge in [0.25, 0.3) is 0 Å². The summed E-state index contributed by atoms with van der Waals surface area (Å²) in [6, 6.07) is 17.2. The Morgan fingerprint density at radius 1 is 1.13 bits per heavy atom. The Labute approximate surface area is 135 Å². The largest absolute Gasteiger partial charge is 0.493 e. The van der Waals surface area contributed by atoms with E-state index in [2.05, 4.69) is 46.7 Å². The Hall–Kier alpha value is -2.59. The first-order valence-corrected chi connectivity index (χ1v) is 7.92. The predicted octanol–water partition coefficient (Wildman–Crippen LogP) is 3.49. The molecule has 3 aromatic rings. The number of nitrogens with one attached hydrogen (secondary N) is 1. The number of para-hydroxylation sites is 1. The van der Waals surface area contributed by atoms with Gasteiger partial charge in [-0.1, -0.05) is 30.3 Å². The van der Waals surface area contributed by atoms with Crippen LogP contribution in [0.3, 0.4) is 0 Å². The molecule has 4 nitrogen and oxygen atoms in total. The van der Waals surface area contributed by atoms with E-state index in [0.29, 0.717) is 6.04 Å². The van der Waals surface area contributed by atoms with Gasteiger partial charge in [0, 0.05) is 42.7 Å². The molecular weight excluding hydrogens is 286 g/mol. The molecule has 0 saturated carbocycles. The summed E-state index contributed by atoms with van der Waals surface area (Å²) >= 11 is 0. The van der Waals surface area contributed by atoms with E-state index in [9.17, 15) is 0 Å². The van der Waals surface area contributed by atoms with Gasteiger partial charge in [-0.3, -0.25) is 0 Å². The number of rotatable bonds is 4. The molecule has 1 atom stereocenters. The van der Waals surface area contributed by atoms with Crippen LogP contribution in [0, 0.1) is 0 Å². The van der Waals surface area contributed by atoms with Crippen molar-refractivity contribution < 1.29 is 4.74 Å². The summed E-state index contributed by atoms with van der Waals surface area (Å²) in [5.41, 5.74) is 3.66. The van der Waals surface area contributed by atoms with E-state index >= 15 is 0 Å². The van der Waals surface area contributed by atoms with Crippen LogP contribution in [-0.4, -0.2) is 16.2 Å². The Kier molecular flexibility index (Phi) is 3.82. The maximum Gasteiger partial charge on any atom is 0.124 e. The number of imidazole rings is 1. The van der Waals surface area contributed by atoms with Crippen molar-refractivity contribution in [3.8, 4) is 11.4 Å². The molecule has 116 valence electrons. The summed E-state index contributed by atoms with van der Waals surface area (Å²) < 4.78 is 7.72. The average molecular weight is 305 g/mol. The molecule has 2 heterocycles. The first-order chi connectivity index (χ1) is 11.4. The van der Waals surface area contributed by atoms with Gasteiger partial charge in [0.15, 0.2) is 0 Å². The molecule has 23 heavy (non-hydrogen) atoms. The highest BCUT2D eigenvalue weighted by atomic mass is 16.5. The third kappa shape index (κ3) is 2.98. The molecule has 4 heteroatoms. The zero-order chi connectivity index (χ0) is 15.5. The zero-order valence-electron chi connectivity index (χ0n) is 12.9. The lowest BCUT2D eigenvalue weighted by atomic mass is 10.0. The number of ether oxygens (including phenoxy) is 1. The predicted molar refractivity (Wildman–Crippen MR) is 89.7 cm³/mol. The monoisotopic (exact) mass is 305 g/mol. The van der Waals surface area contributed by atoms with E-state index in [-0.39, 0.29) is 0 Å². The highest BCUT2D eigenvalue weighted by Gasteiger charge is 2.20. The molecule has 0 saturated heterocycles. The molecule has 4 rings (SSSR count). The molecule has 0 spiro atoms. The maximum atomic E-state index is 5.71. The first-order valence-electron chi connectivity index (χ1n) is 7.92. The lowest BCUT2D eigenvalue weighted by molar-refractivity contribution is 0.252. The molecule has 1 aliphatic heterocycles. The van der Waals surface area contributed by atoms with Crippen LogP contribution in [0.4, 0.5) is 0 Å². The molecule has 1 unspecified atom stereocenters. The van der Waals surface area contributed by atoms with Crippen LogP contribution in [0.5, 0.6) is 5.75 Å². The number of hydrogen-bond acceptors (Lipinski definition) is 3. The molecule has 2 aromatic carbocycles. The highest BCUT2D eigenvalue weighted by molar-refractivity contribution is 5.38. The lowest BCUT2D eigenvalue weighted by Gasteiger charge is -2.26. The van der Waals surface area contributed by atoms with Crippen molar-refractivity contribution in [1.29, 1.82) is 0 Å². The normalized spacial score (nSPS) is 16.6. The third-order valence-electron chi connectivity index (χ3n) is 4.25. The summed E-state index contributed by atoms with van der Waals surface area (Å²) in [5, 5.41) is 3.65. The van der Waals surface area contributed by atoms with E-state index in [0.717, 1.165) is 31.0 Å². The molecule has 0 bridgehead atoms. The van der Waals surface area contributed by atoms with Crippen molar-refractivity contribution in [2.75, 3.05) is 6.61 Å². The van der Waals surface area contributed by atoms with Gasteiger partial charge in [0.2, 0.25) is 0 Å². The fourth-order valence-corrected chi connectivity index (χ4v) is 2.99. The number of hydrogen-bond donors (Lipinski definition) is 1. The fourth-order valence-electron chi connectivity index (χ4n) is 2.99. The van der Waals surface area contributed by atoms with Crippen molar-refractivity contribution in [2.24, 2.45) is 0 Å². The van der Waals surface area contributed by atoms with Crippen molar-refractivity contribution in [3.63, 3.8) is 0 Å². The van der Waals surface area contributed by atoms with Gasteiger partial charge in [-0.15, -0.1) is 0 Å². The molecule has 1 N–H and O–H groups in total. The van der Waals surface area contributed by atoms with E-state index in [1.807, 2.05) is 29.2 Å². The molecule has 1 aliphatic rings. The van der Waals surface area contributed by atoms with Gasteiger partial charge in [0.1, 0.15) is 5.75 Å². The second-order valence-electron chi connectivity index (χ2n) is 5.74. The Bertz CT molecular complexity index is 766. The average Bonchev–Trinajstić information content (AvgIpc) is 3.15. The topological polar surface area (TPSA) is 39.1 Å². The second-order valence-corrected chi connectivity index (χ2v) is 5.74. The van der Waals surface area contributed by atoms with Crippen molar-refractivity contribution in [2.45, 2.75) is 19.0 Å². The molecule has 0 aliphatic carbocycles. The maximum absolute atomic E-state index is 5.71. The standard InChI is InChI=1S/C19H19N3O/c1-2-4-19-17(3-1)18(9-12-23-19)21-13-15-5-7-16(8-6-15)22-11-10-20-14-22/h1-8,10-11,14,18,21H,9,12-13H2. The van der Waals surface area contributed by atoms with Gasteiger partial charge in [-0.05, 0) is 23.8 Å². The molecule has 0 fully saturated rings. The van der Waals surface area contributed by atoms with Crippen LogP contribution in [0.2, 0.25) is 0 Å². The highest BCUT2D eigenvalue weighted by Crippen LogP contribution is 2.31. The Morgan fingerprint density at radius 3 is 2.83 bits per heavy atom. The SMILES string of the molecule is c1ccc2c(c1)OCCC2NCc1ccc(-n2ccnc2)cc1. The first kappa shape index (κ1) is 14.0. The zero-order valence-corrected chi connectivity index (χ0v) is 12.9. The van der Waals surface area contributed by atoms with Gasteiger partial charge in [-0.25, -0.2) is 4.98 Å². The van der Waals surface area contributed by atoms with Crippen LogP contribution in [0.1, 0.15) is 23.6 Å². The van der Waals surface area contributed by atoms with Gasteiger partial charge in [0.05, 0.1) is 12.9 Å². The molecule has 0 radical (unpaired) electrons. The number of fused-ring (bicyclic) bond motifs is 1. The van der Waals surface area contributed by atoms with Gasteiger partial charge in [-0.2, -0.15) is 0 Å². The van der Waals surface area contributed by atoms with Crippen LogP contribution in [0.15, 0.2) is 67.3 Å². The quantitative estimate of drug-likeness (QED) is 0.802.